The standard InChI is InChI=1S/C11H12FNO4/c1-6-4-7(13)5-8(10(6)12)11(16)17-3-2-9(14)15/h4-5H,2-3,13H2,1H3,(H,14,15). The molecule has 3 N–H and O–H groups in total. The van der Waals surface area contributed by atoms with Crippen LogP contribution in [-0.2, 0) is 9.53 Å². The Morgan fingerprint density at radius 1 is 1.47 bits per heavy atom. The Morgan fingerprint density at radius 3 is 2.71 bits per heavy atom. The lowest BCUT2D eigenvalue weighted by atomic mass is 10.1. The predicted molar refractivity (Wildman–Crippen MR) is 58.1 cm³/mol. The fraction of sp³-hybridized carbons (Fsp3) is 0.273. The van der Waals surface area contributed by atoms with E-state index >= 15 is 0 Å². The molecule has 1 aromatic carbocycles. The fourth-order valence-electron chi connectivity index (χ4n) is 1.25. The molecule has 0 atom stereocenters. The zero-order valence-electron chi connectivity index (χ0n) is 9.20. The molecule has 1 rings (SSSR count). The molecule has 0 amide bonds. The number of ether oxygens (including phenoxy) is 1. The summed E-state index contributed by atoms with van der Waals surface area (Å²) in [6, 6.07) is 2.55. The number of nitrogen functional groups attached to an aromatic ring is 1. The van der Waals surface area contributed by atoms with Gasteiger partial charge in [0.1, 0.15) is 12.4 Å². The summed E-state index contributed by atoms with van der Waals surface area (Å²) in [5.74, 6) is -2.72. The van der Waals surface area contributed by atoms with Gasteiger partial charge in [-0.1, -0.05) is 0 Å². The maximum atomic E-state index is 13.5. The van der Waals surface area contributed by atoms with E-state index in [4.69, 9.17) is 10.8 Å². The quantitative estimate of drug-likeness (QED) is 0.613. The topological polar surface area (TPSA) is 89.6 Å². The van der Waals surface area contributed by atoms with Gasteiger partial charge in [-0.15, -0.1) is 0 Å². The molecule has 0 aliphatic carbocycles. The Balaban J connectivity index is 2.78. The molecule has 0 unspecified atom stereocenters. The molecular weight excluding hydrogens is 229 g/mol. The summed E-state index contributed by atoms with van der Waals surface area (Å²) in [5, 5.41) is 8.35. The number of hydrogen-bond acceptors (Lipinski definition) is 4. The van der Waals surface area contributed by atoms with Crippen LogP contribution in [-0.4, -0.2) is 23.7 Å². The van der Waals surface area contributed by atoms with Crippen LogP contribution in [0, 0.1) is 12.7 Å². The fourth-order valence-corrected chi connectivity index (χ4v) is 1.25. The molecule has 1 aromatic rings. The van der Waals surface area contributed by atoms with E-state index in [-0.39, 0.29) is 29.8 Å². The molecule has 0 bridgehead atoms. The number of halogens is 1. The number of aryl methyl sites for hydroxylation is 1. The maximum absolute atomic E-state index is 13.5. The maximum Gasteiger partial charge on any atom is 0.341 e. The third kappa shape index (κ3) is 3.44. The highest BCUT2D eigenvalue weighted by Crippen LogP contribution is 2.17. The van der Waals surface area contributed by atoms with E-state index in [1.807, 2.05) is 0 Å². The van der Waals surface area contributed by atoms with Crippen molar-refractivity contribution in [2.75, 3.05) is 12.3 Å². The second-order valence-corrected chi connectivity index (χ2v) is 3.48. The van der Waals surface area contributed by atoms with Crippen LogP contribution in [0.2, 0.25) is 0 Å². The lowest BCUT2D eigenvalue weighted by Crippen LogP contribution is -2.12. The highest BCUT2D eigenvalue weighted by molar-refractivity contribution is 5.91. The number of carbonyl (C=O) groups is 2. The minimum atomic E-state index is -1.10. The van der Waals surface area contributed by atoms with Crippen molar-refractivity contribution in [1.29, 1.82) is 0 Å². The molecule has 17 heavy (non-hydrogen) atoms. The third-order valence-electron chi connectivity index (χ3n) is 2.05. The first-order valence-electron chi connectivity index (χ1n) is 4.86. The van der Waals surface area contributed by atoms with Crippen molar-refractivity contribution in [2.24, 2.45) is 0 Å². The number of anilines is 1. The Morgan fingerprint density at radius 2 is 2.12 bits per heavy atom. The van der Waals surface area contributed by atoms with Crippen LogP contribution in [0.25, 0.3) is 0 Å². The number of nitrogens with two attached hydrogens (primary N) is 1. The SMILES string of the molecule is Cc1cc(N)cc(C(=O)OCCC(=O)O)c1F. The van der Waals surface area contributed by atoms with Crippen LogP contribution in [0.15, 0.2) is 12.1 Å². The minimum absolute atomic E-state index is 0.232. The summed E-state index contributed by atoms with van der Waals surface area (Å²) in [6.07, 6.45) is -0.325. The molecule has 0 spiro atoms. The van der Waals surface area contributed by atoms with E-state index in [1.165, 1.54) is 13.0 Å². The lowest BCUT2D eigenvalue weighted by Gasteiger charge is -2.07. The number of rotatable bonds is 4. The van der Waals surface area contributed by atoms with Gasteiger partial charge in [-0.25, -0.2) is 9.18 Å². The van der Waals surface area contributed by atoms with Crippen molar-refractivity contribution in [2.45, 2.75) is 13.3 Å². The van der Waals surface area contributed by atoms with E-state index in [9.17, 15) is 14.0 Å². The minimum Gasteiger partial charge on any atom is -0.481 e. The van der Waals surface area contributed by atoms with Crippen LogP contribution >= 0.6 is 0 Å². The average Bonchev–Trinajstić information content (AvgIpc) is 2.22. The van der Waals surface area contributed by atoms with Gasteiger partial charge in [0.25, 0.3) is 0 Å². The van der Waals surface area contributed by atoms with E-state index in [2.05, 4.69) is 4.74 Å². The summed E-state index contributed by atoms with van der Waals surface area (Å²) >= 11 is 0. The van der Waals surface area contributed by atoms with Crippen molar-refractivity contribution < 1.29 is 23.8 Å². The highest BCUT2D eigenvalue weighted by Gasteiger charge is 2.16. The molecular formula is C11H12FNO4. The second kappa shape index (κ2) is 5.29. The summed E-state index contributed by atoms with van der Waals surface area (Å²) < 4.78 is 18.2. The first kappa shape index (κ1) is 13.0. The van der Waals surface area contributed by atoms with Crippen LogP contribution in [0.4, 0.5) is 10.1 Å². The van der Waals surface area contributed by atoms with Crippen LogP contribution in [0.1, 0.15) is 22.3 Å². The van der Waals surface area contributed by atoms with Crippen LogP contribution in [0.3, 0.4) is 0 Å². The molecule has 0 saturated carbocycles. The monoisotopic (exact) mass is 241 g/mol. The molecule has 0 aromatic heterocycles. The molecule has 0 heterocycles. The zero-order valence-corrected chi connectivity index (χ0v) is 9.20. The average molecular weight is 241 g/mol. The number of hydrogen-bond donors (Lipinski definition) is 2. The Labute approximate surface area is 97.0 Å². The number of carboxylic acids is 1. The van der Waals surface area contributed by atoms with Gasteiger partial charge in [0.05, 0.1) is 12.0 Å². The van der Waals surface area contributed by atoms with Gasteiger partial charge < -0.3 is 15.6 Å². The molecule has 92 valence electrons. The molecule has 0 aliphatic rings. The Kier molecular flexibility index (Phi) is 4.03. The Bertz CT molecular complexity index is 459. The van der Waals surface area contributed by atoms with Crippen molar-refractivity contribution >= 4 is 17.6 Å². The number of carboxylic acid groups (broad SMARTS) is 1. The number of carbonyl (C=O) groups excluding carboxylic acids is 1. The zero-order chi connectivity index (χ0) is 13.0. The van der Waals surface area contributed by atoms with Crippen molar-refractivity contribution in [1.82, 2.24) is 0 Å². The van der Waals surface area contributed by atoms with E-state index in [1.54, 1.807) is 0 Å². The highest BCUT2D eigenvalue weighted by atomic mass is 19.1. The van der Waals surface area contributed by atoms with Gasteiger partial charge in [0.15, 0.2) is 0 Å². The molecule has 5 nitrogen and oxygen atoms in total. The summed E-state index contributed by atoms with van der Waals surface area (Å²) in [6.45, 7) is 1.17. The molecule has 0 saturated heterocycles. The molecule has 0 radical (unpaired) electrons. The first-order valence-corrected chi connectivity index (χ1v) is 4.86. The molecule has 0 aliphatic heterocycles. The van der Waals surface area contributed by atoms with Gasteiger partial charge in [0.2, 0.25) is 0 Å². The van der Waals surface area contributed by atoms with Crippen LogP contribution < -0.4 is 5.73 Å². The van der Waals surface area contributed by atoms with Crippen molar-refractivity contribution in [3.05, 3.63) is 29.1 Å². The van der Waals surface area contributed by atoms with Gasteiger partial charge >= 0.3 is 11.9 Å². The number of benzene rings is 1. The van der Waals surface area contributed by atoms with E-state index in [0.717, 1.165) is 6.07 Å². The summed E-state index contributed by atoms with van der Waals surface area (Å²) in [4.78, 5) is 21.6. The lowest BCUT2D eigenvalue weighted by molar-refractivity contribution is -0.137. The van der Waals surface area contributed by atoms with Gasteiger partial charge in [0, 0.05) is 5.69 Å². The summed E-state index contributed by atoms with van der Waals surface area (Å²) in [5.41, 5.74) is 5.67. The smallest absolute Gasteiger partial charge is 0.341 e. The predicted octanol–water partition coefficient (Wildman–Crippen LogP) is 1.35. The van der Waals surface area contributed by atoms with E-state index < -0.39 is 17.8 Å². The largest absolute Gasteiger partial charge is 0.481 e. The van der Waals surface area contributed by atoms with Crippen LogP contribution in [0.5, 0.6) is 0 Å². The second-order valence-electron chi connectivity index (χ2n) is 3.48. The van der Waals surface area contributed by atoms with Gasteiger partial charge in [-0.2, -0.15) is 0 Å². The number of aliphatic carboxylic acids is 1. The molecule has 6 heteroatoms. The Hall–Kier alpha value is -2.11. The van der Waals surface area contributed by atoms with Crippen molar-refractivity contribution in [3.63, 3.8) is 0 Å². The van der Waals surface area contributed by atoms with Gasteiger partial charge in [-0.05, 0) is 24.6 Å². The number of esters is 1. The first-order chi connectivity index (χ1) is 7.91. The normalized spacial score (nSPS) is 10.0. The van der Waals surface area contributed by atoms with Crippen molar-refractivity contribution in [3.8, 4) is 0 Å². The summed E-state index contributed by atoms with van der Waals surface area (Å²) in [7, 11) is 0. The van der Waals surface area contributed by atoms with Gasteiger partial charge in [-0.3, -0.25) is 4.79 Å². The van der Waals surface area contributed by atoms with E-state index in [0.29, 0.717) is 0 Å². The third-order valence-corrected chi connectivity index (χ3v) is 2.05. The molecule has 0 fully saturated rings.